The van der Waals surface area contributed by atoms with Crippen molar-refractivity contribution in [2.24, 2.45) is 11.8 Å². The first-order valence-corrected chi connectivity index (χ1v) is 9.08. The molecular formula is C19H27FN2O2. The van der Waals surface area contributed by atoms with Crippen molar-refractivity contribution in [3.8, 4) is 0 Å². The van der Waals surface area contributed by atoms with E-state index in [0.717, 1.165) is 51.0 Å². The number of anilines is 2. The Balaban J connectivity index is 1.63. The minimum atomic E-state index is -0.387. The molecule has 2 aliphatic rings. The zero-order chi connectivity index (χ0) is 16.9. The summed E-state index contributed by atoms with van der Waals surface area (Å²) in [4.78, 5) is 12.3. The van der Waals surface area contributed by atoms with Crippen molar-refractivity contribution >= 4 is 17.3 Å². The Labute approximate surface area is 143 Å². The second-order valence-electron chi connectivity index (χ2n) is 7.08. The molecule has 0 radical (unpaired) electrons. The van der Waals surface area contributed by atoms with Crippen molar-refractivity contribution in [1.29, 1.82) is 0 Å². The second-order valence-corrected chi connectivity index (χ2v) is 7.08. The molecule has 24 heavy (non-hydrogen) atoms. The molecule has 132 valence electrons. The number of carbonyl (C=O) groups is 1. The van der Waals surface area contributed by atoms with Gasteiger partial charge >= 0.3 is 0 Å². The molecule has 0 bridgehead atoms. The topological polar surface area (TPSA) is 50.4 Å². The number of rotatable bonds is 5. The molecule has 2 fully saturated rings. The quantitative estimate of drug-likeness (QED) is 0.849. The molecule has 2 N–H and O–H groups in total. The maximum absolute atomic E-state index is 14.1. The van der Waals surface area contributed by atoms with Gasteiger partial charge in [0.1, 0.15) is 5.82 Å². The van der Waals surface area contributed by atoms with Gasteiger partial charge in [-0.25, -0.2) is 4.39 Å². The molecule has 1 aromatic carbocycles. The van der Waals surface area contributed by atoms with E-state index in [-0.39, 0.29) is 29.4 Å². The SMILES string of the molecule is C[C@H](Nc1ccc(F)c(NC(=O)C2CCCCC2)c1)[C@@H]1CCOC1. The molecule has 1 aromatic rings. The normalized spacial score (nSPS) is 23.0. The van der Waals surface area contributed by atoms with Gasteiger partial charge in [0.2, 0.25) is 5.91 Å². The van der Waals surface area contributed by atoms with E-state index >= 15 is 0 Å². The molecule has 4 nitrogen and oxygen atoms in total. The van der Waals surface area contributed by atoms with Crippen LogP contribution in [0.1, 0.15) is 45.4 Å². The summed E-state index contributed by atoms with van der Waals surface area (Å²) in [5.74, 6) is 0.0456. The molecule has 0 spiro atoms. The monoisotopic (exact) mass is 334 g/mol. The first-order chi connectivity index (χ1) is 11.6. The van der Waals surface area contributed by atoms with Crippen molar-refractivity contribution in [2.45, 2.75) is 51.5 Å². The molecule has 2 atom stereocenters. The van der Waals surface area contributed by atoms with Crippen LogP contribution in [0.3, 0.4) is 0 Å². The number of halogens is 1. The molecule has 5 heteroatoms. The lowest BCUT2D eigenvalue weighted by Crippen LogP contribution is -2.27. The number of benzene rings is 1. The molecule has 1 saturated heterocycles. The number of amides is 1. The Morgan fingerprint density at radius 2 is 2.04 bits per heavy atom. The van der Waals surface area contributed by atoms with Gasteiger partial charge in [0, 0.05) is 30.2 Å². The molecule has 1 aliphatic carbocycles. The predicted molar refractivity (Wildman–Crippen MR) is 93.6 cm³/mol. The third-order valence-corrected chi connectivity index (χ3v) is 5.27. The van der Waals surface area contributed by atoms with Crippen LogP contribution in [0.15, 0.2) is 18.2 Å². The lowest BCUT2D eigenvalue weighted by Gasteiger charge is -2.22. The van der Waals surface area contributed by atoms with Crippen LogP contribution in [-0.4, -0.2) is 25.2 Å². The summed E-state index contributed by atoms with van der Waals surface area (Å²) in [5, 5.41) is 6.19. The van der Waals surface area contributed by atoms with E-state index in [1.807, 2.05) is 0 Å². The molecule has 0 aromatic heterocycles. The van der Waals surface area contributed by atoms with E-state index < -0.39 is 0 Å². The first kappa shape index (κ1) is 17.2. The summed E-state index contributed by atoms with van der Waals surface area (Å²) in [6.07, 6.45) is 6.22. The van der Waals surface area contributed by atoms with Crippen LogP contribution in [-0.2, 0) is 9.53 Å². The van der Waals surface area contributed by atoms with Gasteiger partial charge in [0.25, 0.3) is 0 Å². The fourth-order valence-corrected chi connectivity index (χ4v) is 3.64. The highest BCUT2D eigenvalue weighted by atomic mass is 19.1. The summed E-state index contributed by atoms with van der Waals surface area (Å²) in [7, 11) is 0. The highest BCUT2D eigenvalue weighted by molar-refractivity contribution is 5.93. The van der Waals surface area contributed by atoms with Gasteiger partial charge in [0.15, 0.2) is 0 Å². The third kappa shape index (κ3) is 4.26. The lowest BCUT2D eigenvalue weighted by atomic mass is 9.88. The van der Waals surface area contributed by atoms with Crippen LogP contribution in [0.4, 0.5) is 15.8 Å². The largest absolute Gasteiger partial charge is 0.382 e. The van der Waals surface area contributed by atoms with Gasteiger partial charge < -0.3 is 15.4 Å². The lowest BCUT2D eigenvalue weighted by molar-refractivity contribution is -0.120. The van der Waals surface area contributed by atoms with Gasteiger partial charge in [-0.05, 0) is 44.4 Å². The zero-order valence-corrected chi connectivity index (χ0v) is 14.3. The molecule has 3 rings (SSSR count). The number of hydrogen-bond donors (Lipinski definition) is 2. The Hall–Kier alpha value is -1.62. The maximum atomic E-state index is 14.1. The van der Waals surface area contributed by atoms with E-state index in [1.165, 1.54) is 12.5 Å². The van der Waals surface area contributed by atoms with Crippen molar-refractivity contribution in [3.05, 3.63) is 24.0 Å². The minimum absolute atomic E-state index is 0.0179. The van der Waals surface area contributed by atoms with Gasteiger partial charge in [-0.15, -0.1) is 0 Å². The average molecular weight is 334 g/mol. The van der Waals surface area contributed by atoms with Crippen LogP contribution in [0.5, 0.6) is 0 Å². The Morgan fingerprint density at radius 1 is 1.25 bits per heavy atom. The summed E-state index contributed by atoms with van der Waals surface area (Å²) >= 11 is 0. The van der Waals surface area contributed by atoms with E-state index in [4.69, 9.17) is 4.74 Å². The standard InChI is InChI=1S/C19H27FN2O2/c1-13(15-9-10-24-12-15)21-16-7-8-17(20)18(11-16)22-19(23)14-5-3-2-4-6-14/h7-8,11,13-15,21H,2-6,9-10,12H2,1H3,(H,22,23)/t13-,15+/m0/s1. The van der Waals surface area contributed by atoms with Gasteiger partial charge in [-0.1, -0.05) is 19.3 Å². The van der Waals surface area contributed by atoms with Crippen LogP contribution < -0.4 is 10.6 Å². The Bertz CT molecular complexity index is 566. The van der Waals surface area contributed by atoms with Crippen LogP contribution in [0, 0.1) is 17.7 Å². The summed E-state index contributed by atoms with van der Waals surface area (Å²) < 4.78 is 19.5. The van der Waals surface area contributed by atoms with E-state index in [0.29, 0.717) is 5.92 Å². The summed E-state index contributed by atoms with van der Waals surface area (Å²) in [6, 6.07) is 5.08. The first-order valence-electron chi connectivity index (χ1n) is 9.08. The Kier molecular flexibility index (Phi) is 5.72. The minimum Gasteiger partial charge on any atom is -0.382 e. The van der Waals surface area contributed by atoms with Gasteiger partial charge in [-0.2, -0.15) is 0 Å². The Morgan fingerprint density at radius 3 is 2.75 bits per heavy atom. The molecule has 0 unspecified atom stereocenters. The van der Waals surface area contributed by atoms with Crippen molar-refractivity contribution in [2.75, 3.05) is 23.8 Å². The average Bonchev–Trinajstić information content (AvgIpc) is 3.13. The van der Waals surface area contributed by atoms with Crippen LogP contribution in [0.2, 0.25) is 0 Å². The van der Waals surface area contributed by atoms with E-state index in [1.54, 1.807) is 12.1 Å². The fraction of sp³-hybridized carbons (Fsp3) is 0.632. The van der Waals surface area contributed by atoms with Crippen molar-refractivity contribution in [3.63, 3.8) is 0 Å². The summed E-state index contributed by atoms with van der Waals surface area (Å²) in [6.45, 7) is 3.69. The highest BCUT2D eigenvalue weighted by Gasteiger charge is 2.24. The van der Waals surface area contributed by atoms with Gasteiger partial charge in [-0.3, -0.25) is 4.79 Å². The molecule has 1 heterocycles. The maximum Gasteiger partial charge on any atom is 0.227 e. The number of nitrogens with one attached hydrogen (secondary N) is 2. The smallest absolute Gasteiger partial charge is 0.227 e. The molecule has 1 saturated carbocycles. The fourth-order valence-electron chi connectivity index (χ4n) is 3.64. The second kappa shape index (κ2) is 7.97. The van der Waals surface area contributed by atoms with Gasteiger partial charge in [0.05, 0.1) is 12.3 Å². The number of hydrogen-bond acceptors (Lipinski definition) is 3. The number of ether oxygens (including phenoxy) is 1. The molecule has 1 aliphatic heterocycles. The van der Waals surface area contributed by atoms with E-state index in [9.17, 15) is 9.18 Å². The molecule has 1 amide bonds. The highest BCUT2D eigenvalue weighted by Crippen LogP contribution is 2.27. The van der Waals surface area contributed by atoms with Crippen LogP contribution >= 0.6 is 0 Å². The van der Waals surface area contributed by atoms with Crippen molar-refractivity contribution < 1.29 is 13.9 Å². The van der Waals surface area contributed by atoms with E-state index in [2.05, 4.69) is 17.6 Å². The summed E-state index contributed by atoms with van der Waals surface area (Å²) in [5.41, 5.74) is 1.10. The molecular weight excluding hydrogens is 307 g/mol. The zero-order valence-electron chi connectivity index (χ0n) is 14.3. The number of carbonyl (C=O) groups excluding carboxylic acids is 1. The van der Waals surface area contributed by atoms with Crippen LogP contribution in [0.25, 0.3) is 0 Å². The van der Waals surface area contributed by atoms with Crippen molar-refractivity contribution in [1.82, 2.24) is 0 Å². The third-order valence-electron chi connectivity index (χ3n) is 5.27. The predicted octanol–water partition coefficient (Wildman–Crippen LogP) is 4.18.